The van der Waals surface area contributed by atoms with Gasteiger partial charge in [0.15, 0.2) is 0 Å². The Morgan fingerprint density at radius 1 is 1.33 bits per heavy atom. The van der Waals surface area contributed by atoms with Crippen molar-refractivity contribution in [1.29, 1.82) is 0 Å². The SMILES string of the molecule is CC(C)N(CCO)CC1(O)CCNCC1. The van der Waals surface area contributed by atoms with Gasteiger partial charge in [-0.25, -0.2) is 0 Å². The first-order valence-corrected chi connectivity index (χ1v) is 5.85. The van der Waals surface area contributed by atoms with Gasteiger partial charge in [-0.2, -0.15) is 0 Å². The van der Waals surface area contributed by atoms with Crippen LogP contribution < -0.4 is 5.32 Å². The molecule has 0 aromatic carbocycles. The van der Waals surface area contributed by atoms with E-state index in [0.717, 1.165) is 25.9 Å². The molecule has 4 heteroatoms. The van der Waals surface area contributed by atoms with Gasteiger partial charge in [0.2, 0.25) is 0 Å². The number of aliphatic hydroxyl groups is 2. The maximum atomic E-state index is 10.4. The molecule has 0 aliphatic carbocycles. The number of rotatable bonds is 5. The lowest BCUT2D eigenvalue weighted by Gasteiger charge is -2.38. The first kappa shape index (κ1) is 12.9. The van der Waals surface area contributed by atoms with Crippen molar-refractivity contribution in [2.45, 2.75) is 38.3 Å². The number of nitrogens with one attached hydrogen (secondary N) is 1. The van der Waals surface area contributed by atoms with E-state index < -0.39 is 5.60 Å². The van der Waals surface area contributed by atoms with Crippen LogP contribution in [0.3, 0.4) is 0 Å². The van der Waals surface area contributed by atoms with Gasteiger partial charge in [-0.1, -0.05) is 0 Å². The molecule has 0 spiro atoms. The minimum atomic E-state index is -0.565. The Balaban J connectivity index is 2.47. The van der Waals surface area contributed by atoms with E-state index in [1.165, 1.54) is 0 Å². The average Bonchev–Trinajstić information content (AvgIpc) is 2.18. The van der Waals surface area contributed by atoms with Crippen molar-refractivity contribution in [1.82, 2.24) is 10.2 Å². The zero-order valence-corrected chi connectivity index (χ0v) is 9.87. The molecule has 0 amide bonds. The largest absolute Gasteiger partial charge is 0.395 e. The van der Waals surface area contributed by atoms with Crippen molar-refractivity contribution in [2.75, 3.05) is 32.8 Å². The van der Waals surface area contributed by atoms with Gasteiger partial charge in [-0.3, -0.25) is 4.90 Å². The van der Waals surface area contributed by atoms with E-state index in [2.05, 4.69) is 24.1 Å². The molecule has 0 aromatic heterocycles. The Labute approximate surface area is 92.3 Å². The molecule has 0 saturated carbocycles. The predicted octanol–water partition coefficient (Wildman–Crippen LogP) is -0.196. The number of aliphatic hydroxyl groups excluding tert-OH is 1. The third kappa shape index (κ3) is 4.07. The highest BCUT2D eigenvalue weighted by Crippen LogP contribution is 2.20. The van der Waals surface area contributed by atoms with E-state index in [9.17, 15) is 5.11 Å². The molecule has 90 valence electrons. The van der Waals surface area contributed by atoms with Crippen LogP contribution in [0.1, 0.15) is 26.7 Å². The van der Waals surface area contributed by atoms with Gasteiger partial charge in [0.25, 0.3) is 0 Å². The van der Waals surface area contributed by atoms with Gasteiger partial charge in [0, 0.05) is 19.1 Å². The molecule has 1 fully saturated rings. The fraction of sp³-hybridized carbons (Fsp3) is 1.00. The van der Waals surface area contributed by atoms with Crippen molar-refractivity contribution in [3.63, 3.8) is 0 Å². The Morgan fingerprint density at radius 2 is 1.93 bits per heavy atom. The summed E-state index contributed by atoms with van der Waals surface area (Å²) in [6, 6.07) is 0.371. The standard InChI is InChI=1S/C11H24N2O2/c1-10(2)13(7-8-14)9-11(15)3-5-12-6-4-11/h10,12,14-15H,3-9H2,1-2H3. The average molecular weight is 216 g/mol. The molecule has 0 atom stereocenters. The van der Waals surface area contributed by atoms with Crippen LogP contribution in [-0.2, 0) is 0 Å². The Bertz CT molecular complexity index is 179. The first-order chi connectivity index (χ1) is 7.07. The van der Waals surface area contributed by atoms with Crippen LogP contribution in [0.25, 0.3) is 0 Å². The Kier molecular flexibility index (Phi) is 4.99. The summed E-state index contributed by atoms with van der Waals surface area (Å²) >= 11 is 0. The fourth-order valence-corrected chi connectivity index (χ4v) is 2.08. The lowest BCUT2D eigenvalue weighted by molar-refractivity contribution is -0.0308. The van der Waals surface area contributed by atoms with E-state index in [1.807, 2.05) is 0 Å². The highest BCUT2D eigenvalue weighted by atomic mass is 16.3. The summed E-state index contributed by atoms with van der Waals surface area (Å²) in [5, 5.41) is 22.6. The Morgan fingerprint density at radius 3 is 2.40 bits per heavy atom. The molecule has 0 radical (unpaired) electrons. The topological polar surface area (TPSA) is 55.7 Å². The monoisotopic (exact) mass is 216 g/mol. The van der Waals surface area contributed by atoms with Crippen molar-refractivity contribution in [3.8, 4) is 0 Å². The summed E-state index contributed by atoms with van der Waals surface area (Å²) in [5.41, 5.74) is -0.565. The van der Waals surface area contributed by atoms with Crippen LogP contribution in [0, 0.1) is 0 Å². The predicted molar refractivity (Wildman–Crippen MR) is 60.8 cm³/mol. The minimum Gasteiger partial charge on any atom is -0.395 e. The first-order valence-electron chi connectivity index (χ1n) is 5.85. The zero-order chi connectivity index (χ0) is 11.3. The van der Waals surface area contributed by atoms with Crippen LogP contribution in [0.5, 0.6) is 0 Å². The van der Waals surface area contributed by atoms with Gasteiger partial charge in [-0.15, -0.1) is 0 Å². The molecule has 0 aromatic rings. The molecule has 1 aliphatic rings. The van der Waals surface area contributed by atoms with E-state index in [1.54, 1.807) is 0 Å². The van der Waals surface area contributed by atoms with Crippen LogP contribution in [0.2, 0.25) is 0 Å². The fourth-order valence-electron chi connectivity index (χ4n) is 2.08. The second kappa shape index (κ2) is 5.80. The molecule has 15 heavy (non-hydrogen) atoms. The summed E-state index contributed by atoms with van der Waals surface area (Å²) in [5.74, 6) is 0. The summed E-state index contributed by atoms with van der Waals surface area (Å²) in [7, 11) is 0. The lowest BCUT2D eigenvalue weighted by Crippen LogP contribution is -2.51. The molecule has 0 unspecified atom stereocenters. The van der Waals surface area contributed by atoms with Crippen LogP contribution >= 0.6 is 0 Å². The van der Waals surface area contributed by atoms with Crippen molar-refractivity contribution >= 4 is 0 Å². The van der Waals surface area contributed by atoms with Crippen LogP contribution in [0.15, 0.2) is 0 Å². The number of piperidine rings is 1. The number of nitrogens with zero attached hydrogens (tertiary/aromatic N) is 1. The number of hydrogen-bond acceptors (Lipinski definition) is 4. The number of hydrogen-bond donors (Lipinski definition) is 3. The maximum absolute atomic E-state index is 10.4. The molecule has 0 bridgehead atoms. The Hall–Kier alpha value is -0.160. The summed E-state index contributed by atoms with van der Waals surface area (Å²) < 4.78 is 0. The quantitative estimate of drug-likeness (QED) is 0.596. The molecule has 1 rings (SSSR count). The second-order valence-corrected chi connectivity index (χ2v) is 4.76. The molecular weight excluding hydrogens is 192 g/mol. The van der Waals surface area contributed by atoms with Gasteiger partial charge < -0.3 is 15.5 Å². The molecule has 3 N–H and O–H groups in total. The second-order valence-electron chi connectivity index (χ2n) is 4.76. The minimum absolute atomic E-state index is 0.159. The van der Waals surface area contributed by atoms with E-state index in [-0.39, 0.29) is 6.61 Å². The highest BCUT2D eigenvalue weighted by molar-refractivity contribution is 4.88. The van der Waals surface area contributed by atoms with Gasteiger partial charge in [0.05, 0.1) is 12.2 Å². The normalized spacial score (nSPS) is 21.2. The third-order valence-electron chi connectivity index (χ3n) is 3.15. The molecule has 1 saturated heterocycles. The summed E-state index contributed by atoms with van der Waals surface area (Å²) in [6.07, 6.45) is 1.61. The van der Waals surface area contributed by atoms with E-state index >= 15 is 0 Å². The van der Waals surface area contributed by atoms with Crippen LogP contribution in [-0.4, -0.2) is 59.5 Å². The third-order valence-corrected chi connectivity index (χ3v) is 3.15. The zero-order valence-electron chi connectivity index (χ0n) is 9.87. The van der Waals surface area contributed by atoms with Crippen molar-refractivity contribution in [2.24, 2.45) is 0 Å². The molecule has 1 aliphatic heterocycles. The van der Waals surface area contributed by atoms with Crippen molar-refractivity contribution in [3.05, 3.63) is 0 Å². The lowest BCUT2D eigenvalue weighted by atomic mass is 9.91. The van der Waals surface area contributed by atoms with Gasteiger partial charge in [-0.05, 0) is 39.8 Å². The molecule has 1 heterocycles. The van der Waals surface area contributed by atoms with E-state index in [0.29, 0.717) is 19.1 Å². The highest BCUT2D eigenvalue weighted by Gasteiger charge is 2.31. The van der Waals surface area contributed by atoms with Crippen molar-refractivity contribution < 1.29 is 10.2 Å². The smallest absolute Gasteiger partial charge is 0.0798 e. The van der Waals surface area contributed by atoms with Gasteiger partial charge in [0.1, 0.15) is 0 Å². The summed E-state index contributed by atoms with van der Waals surface area (Å²) in [4.78, 5) is 2.14. The maximum Gasteiger partial charge on any atom is 0.0798 e. The molecule has 4 nitrogen and oxygen atoms in total. The van der Waals surface area contributed by atoms with Crippen LogP contribution in [0.4, 0.5) is 0 Å². The molecular formula is C11H24N2O2. The summed E-state index contributed by atoms with van der Waals surface area (Å²) in [6.45, 7) is 7.45. The van der Waals surface area contributed by atoms with Gasteiger partial charge >= 0.3 is 0 Å². The van der Waals surface area contributed by atoms with E-state index in [4.69, 9.17) is 5.11 Å².